The van der Waals surface area contributed by atoms with Crippen LogP contribution in [0.25, 0.3) is 0 Å². The summed E-state index contributed by atoms with van der Waals surface area (Å²) in [6.45, 7) is 7.27. The summed E-state index contributed by atoms with van der Waals surface area (Å²) in [5, 5.41) is 3.33. The Kier molecular flexibility index (Phi) is 4.02. The van der Waals surface area contributed by atoms with Crippen LogP contribution in [0, 0.1) is 0 Å². The van der Waals surface area contributed by atoms with Crippen LogP contribution in [0.1, 0.15) is 32.3 Å². The summed E-state index contributed by atoms with van der Waals surface area (Å²) in [7, 11) is 0. The predicted molar refractivity (Wildman–Crippen MR) is 65.4 cm³/mol. The highest BCUT2D eigenvalue weighted by Gasteiger charge is 2.21. The zero-order chi connectivity index (χ0) is 11.4. The van der Waals surface area contributed by atoms with Gasteiger partial charge >= 0.3 is 0 Å². The van der Waals surface area contributed by atoms with Crippen LogP contribution < -0.4 is 5.32 Å². The van der Waals surface area contributed by atoms with Gasteiger partial charge in [-0.25, -0.2) is 0 Å². The zero-order valence-electron chi connectivity index (χ0n) is 10.3. The van der Waals surface area contributed by atoms with E-state index in [-0.39, 0.29) is 0 Å². The van der Waals surface area contributed by atoms with Gasteiger partial charge in [0.15, 0.2) is 0 Å². The average Bonchev–Trinajstić information content (AvgIpc) is 2.86. The lowest BCUT2D eigenvalue weighted by Crippen LogP contribution is -2.15. The molecule has 0 aliphatic carbocycles. The van der Waals surface area contributed by atoms with E-state index in [2.05, 4.69) is 42.2 Å². The van der Waals surface area contributed by atoms with Gasteiger partial charge in [-0.05, 0) is 37.9 Å². The Balaban J connectivity index is 1.83. The number of hydrogen-bond donors (Lipinski definition) is 1. The van der Waals surface area contributed by atoms with Crippen molar-refractivity contribution in [3.8, 4) is 0 Å². The molecule has 0 bridgehead atoms. The maximum Gasteiger partial charge on any atom is 0.0758 e. The van der Waals surface area contributed by atoms with Crippen LogP contribution in [0.2, 0.25) is 0 Å². The summed E-state index contributed by atoms with van der Waals surface area (Å²) in [6.07, 6.45) is 7.63. The normalized spacial score (nSPS) is 25.1. The van der Waals surface area contributed by atoms with Crippen molar-refractivity contribution in [2.24, 2.45) is 0 Å². The van der Waals surface area contributed by atoms with Crippen LogP contribution in [-0.4, -0.2) is 23.3 Å². The smallest absolute Gasteiger partial charge is 0.0758 e. The third-order valence-corrected chi connectivity index (χ3v) is 3.13. The second-order valence-corrected chi connectivity index (χ2v) is 4.64. The Morgan fingerprint density at radius 1 is 1.50 bits per heavy atom. The van der Waals surface area contributed by atoms with Crippen LogP contribution in [0.15, 0.2) is 18.5 Å². The Hall–Kier alpha value is -0.800. The van der Waals surface area contributed by atoms with Gasteiger partial charge in [0.2, 0.25) is 0 Å². The van der Waals surface area contributed by atoms with Gasteiger partial charge < -0.3 is 14.6 Å². The highest BCUT2D eigenvalue weighted by Crippen LogP contribution is 2.20. The molecule has 1 aliphatic heterocycles. The SMILES string of the molecule is CCNCc1ccn(CC2CCC(C)O2)c1. The minimum atomic E-state index is 0.411. The average molecular weight is 222 g/mol. The molecule has 0 spiro atoms. The van der Waals surface area contributed by atoms with E-state index in [1.165, 1.54) is 18.4 Å². The fourth-order valence-corrected chi connectivity index (χ4v) is 2.23. The van der Waals surface area contributed by atoms with Gasteiger partial charge in [0.05, 0.1) is 12.2 Å². The topological polar surface area (TPSA) is 26.2 Å². The fraction of sp³-hybridized carbons (Fsp3) is 0.692. The lowest BCUT2D eigenvalue weighted by Gasteiger charge is -2.11. The van der Waals surface area contributed by atoms with E-state index >= 15 is 0 Å². The molecule has 1 aromatic heterocycles. The van der Waals surface area contributed by atoms with Gasteiger partial charge in [-0.15, -0.1) is 0 Å². The largest absolute Gasteiger partial charge is 0.373 e. The Morgan fingerprint density at radius 3 is 3.06 bits per heavy atom. The summed E-state index contributed by atoms with van der Waals surface area (Å²) in [6, 6.07) is 2.18. The first-order valence-corrected chi connectivity index (χ1v) is 6.28. The van der Waals surface area contributed by atoms with Crippen molar-refractivity contribution in [2.45, 2.75) is 52.0 Å². The number of hydrogen-bond acceptors (Lipinski definition) is 2. The molecule has 1 aliphatic rings. The molecule has 0 saturated carbocycles. The predicted octanol–water partition coefficient (Wildman–Crippen LogP) is 2.17. The monoisotopic (exact) mass is 222 g/mol. The summed E-state index contributed by atoms with van der Waals surface area (Å²) in [4.78, 5) is 0. The quantitative estimate of drug-likeness (QED) is 0.826. The summed E-state index contributed by atoms with van der Waals surface area (Å²) in [5.74, 6) is 0. The number of nitrogens with zero attached hydrogens (tertiary/aromatic N) is 1. The third kappa shape index (κ3) is 3.09. The van der Waals surface area contributed by atoms with Crippen molar-refractivity contribution >= 4 is 0 Å². The van der Waals surface area contributed by atoms with E-state index in [4.69, 9.17) is 4.74 Å². The first-order valence-electron chi connectivity index (χ1n) is 6.28. The van der Waals surface area contributed by atoms with Crippen molar-refractivity contribution in [3.63, 3.8) is 0 Å². The van der Waals surface area contributed by atoms with Gasteiger partial charge in [0, 0.05) is 25.5 Å². The Bertz CT molecular complexity index is 321. The molecule has 1 fully saturated rings. The molecule has 16 heavy (non-hydrogen) atoms. The van der Waals surface area contributed by atoms with E-state index in [1.807, 2.05) is 0 Å². The van der Waals surface area contributed by atoms with Crippen molar-refractivity contribution in [1.82, 2.24) is 9.88 Å². The molecule has 3 heteroatoms. The minimum Gasteiger partial charge on any atom is -0.373 e. The Morgan fingerprint density at radius 2 is 2.38 bits per heavy atom. The molecule has 90 valence electrons. The molecule has 2 atom stereocenters. The molecular weight excluding hydrogens is 200 g/mol. The van der Waals surface area contributed by atoms with E-state index in [9.17, 15) is 0 Å². The lowest BCUT2D eigenvalue weighted by atomic mass is 10.2. The van der Waals surface area contributed by atoms with E-state index < -0.39 is 0 Å². The van der Waals surface area contributed by atoms with E-state index in [0.29, 0.717) is 12.2 Å². The fourth-order valence-electron chi connectivity index (χ4n) is 2.23. The third-order valence-electron chi connectivity index (χ3n) is 3.13. The molecule has 1 N–H and O–H groups in total. The highest BCUT2D eigenvalue weighted by molar-refractivity contribution is 5.10. The molecule has 3 nitrogen and oxygen atoms in total. The van der Waals surface area contributed by atoms with Crippen LogP contribution in [-0.2, 0) is 17.8 Å². The molecule has 1 aromatic rings. The molecule has 0 radical (unpaired) electrons. The molecule has 2 heterocycles. The summed E-state index contributed by atoms with van der Waals surface area (Å²) < 4.78 is 8.06. The van der Waals surface area contributed by atoms with Crippen LogP contribution in [0.3, 0.4) is 0 Å². The maximum absolute atomic E-state index is 5.82. The molecule has 0 amide bonds. The lowest BCUT2D eigenvalue weighted by molar-refractivity contribution is 0.0458. The van der Waals surface area contributed by atoms with Crippen molar-refractivity contribution in [3.05, 3.63) is 24.0 Å². The van der Waals surface area contributed by atoms with Gasteiger partial charge in [0.25, 0.3) is 0 Å². The van der Waals surface area contributed by atoms with Crippen LogP contribution >= 0.6 is 0 Å². The van der Waals surface area contributed by atoms with E-state index in [1.54, 1.807) is 0 Å². The summed E-state index contributed by atoms with van der Waals surface area (Å²) >= 11 is 0. The first-order chi connectivity index (χ1) is 7.78. The van der Waals surface area contributed by atoms with Gasteiger partial charge in [0.1, 0.15) is 0 Å². The minimum absolute atomic E-state index is 0.411. The summed E-state index contributed by atoms with van der Waals surface area (Å²) in [5.41, 5.74) is 1.35. The molecule has 1 saturated heterocycles. The van der Waals surface area contributed by atoms with Crippen molar-refractivity contribution < 1.29 is 4.74 Å². The van der Waals surface area contributed by atoms with E-state index in [0.717, 1.165) is 19.6 Å². The highest BCUT2D eigenvalue weighted by atomic mass is 16.5. The number of rotatable bonds is 5. The molecule has 2 unspecified atom stereocenters. The maximum atomic E-state index is 5.82. The second-order valence-electron chi connectivity index (χ2n) is 4.64. The van der Waals surface area contributed by atoms with Crippen molar-refractivity contribution in [2.75, 3.05) is 6.54 Å². The zero-order valence-corrected chi connectivity index (χ0v) is 10.3. The molecule has 2 rings (SSSR count). The van der Waals surface area contributed by atoms with Crippen LogP contribution in [0.5, 0.6) is 0 Å². The van der Waals surface area contributed by atoms with Gasteiger partial charge in [-0.1, -0.05) is 6.92 Å². The second kappa shape index (κ2) is 5.51. The van der Waals surface area contributed by atoms with Crippen molar-refractivity contribution in [1.29, 1.82) is 0 Å². The molecular formula is C13H22N2O. The Labute approximate surface area is 97.8 Å². The first kappa shape index (κ1) is 11.7. The van der Waals surface area contributed by atoms with Gasteiger partial charge in [-0.3, -0.25) is 0 Å². The number of nitrogens with one attached hydrogen (secondary N) is 1. The van der Waals surface area contributed by atoms with Gasteiger partial charge in [-0.2, -0.15) is 0 Å². The molecule has 0 aromatic carbocycles. The number of aromatic nitrogens is 1. The standard InChI is InChI=1S/C13H22N2O/c1-3-14-8-12-6-7-15(9-12)10-13-5-4-11(2)16-13/h6-7,9,11,13-14H,3-5,8,10H2,1-2H3. The number of ether oxygens (including phenoxy) is 1. The van der Waals surface area contributed by atoms with Crippen LogP contribution in [0.4, 0.5) is 0 Å².